The minimum Gasteiger partial charge on any atom is -0.317 e. The van der Waals surface area contributed by atoms with Crippen LogP contribution < -0.4 is 5.32 Å². The van der Waals surface area contributed by atoms with Gasteiger partial charge < -0.3 is 5.32 Å². The van der Waals surface area contributed by atoms with Gasteiger partial charge in [-0.2, -0.15) is 0 Å². The first-order valence-corrected chi connectivity index (χ1v) is 7.20. The van der Waals surface area contributed by atoms with Gasteiger partial charge in [0.2, 0.25) is 0 Å². The van der Waals surface area contributed by atoms with E-state index in [0.717, 1.165) is 29.9 Å². The Bertz CT molecular complexity index is 309. The van der Waals surface area contributed by atoms with Crippen molar-refractivity contribution in [1.29, 1.82) is 0 Å². The van der Waals surface area contributed by atoms with Crippen LogP contribution in [-0.2, 0) is 10.8 Å². The summed E-state index contributed by atoms with van der Waals surface area (Å²) in [6.07, 6.45) is 3.25. The summed E-state index contributed by atoms with van der Waals surface area (Å²) in [5.41, 5.74) is 0. The van der Waals surface area contributed by atoms with Crippen LogP contribution in [0.1, 0.15) is 26.2 Å². The summed E-state index contributed by atoms with van der Waals surface area (Å²) in [5, 5.41) is 3.27. The van der Waals surface area contributed by atoms with E-state index in [1.807, 2.05) is 37.4 Å². The Kier molecular flexibility index (Phi) is 6.34. The summed E-state index contributed by atoms with van der Waals surface area (Å²) in [6, 6.07) is 10.3. The lowest BCUT2D eigenvalue weighted by molar-refractivity contribution is 0.503. The number of nitrogens with one attached hydrogen (secondary N) is 1. The molecule has 0 radical (unpaired) electrons. The number of rotatable bonds is 7. The standard InChI is InChI=1S/C13H21NOS/c1-3-12(14-2)8-7-11-16(15)13-9-5-4-6-10-13/h4-6,9-10,12,14H,3,7-8,11H2,1-2H3. The molecule has 0 fully saturated rings. The summed E-state index contributed by atoms with van der Waals surface area (Å²) < 4.78 is 11.9. The van der Waals surface area contributed by atoms with E-state index in [2.05, 4.69) is 12.2 Å². The van der Waals surface area contributed by atoms with E-state index < -0.39 is 10.8 Å². The van der Waals surface area contributed by atoms with Crippen molar-refractivity contribution in [3.05, 3.63) is 30.3 Å². The fourth-order valence-corrected chi connectivity index (χ4v) is 2.83. The van der Waals surface area contributed by atoms with Crippen LogP contribution in [0.3, 0.4) is 0 Å². The molecule has 90 valence electrons. The quantitative estimate of drug-likeness (QED) is 0.792. The van der Waals surface area contributed by atoms with E-state index in [9.17, 15) is 4.21 Å². The van der Waals surface area contributed by atoms with Crippen LogP contribution in [-0.4, -0.2) is 23.1 Å². The van der Waals surface area contributed by atoms with E-state index in [0.29, 0.717) is 6.04 Å². The van der Waals surface area contributed by atoms with Gasteiger partial charge in [0.15, 0.2) is 0 Å². The van der Waals surface area contributed by atoms with Crippen LogP contribution in [0.25, 0.3) is 0 Å². The van der Waals surface area contributed by atoms with Crippen LogP contribution in [0.2, 0.25) is 0 Å². The summed E-state index contributed by atoms with van der Waals surface area (Å²) in [6.45, 7) is 2.18. The molecule has 1 rings (SSSR count). The molecule has 0 spiro atoms. The third kappa shape index (κ3) is 4.45. The van der Waals surface area contributed by atoms with Crippen molar-refractivity contribution in [2.75, 3.05) is 12.8 Å². The maximum absolute atomic E-state index is 11.9. The maximum Gasteiger partial charge on any atom is 0.0529 e. The van der Waals surface area contributed by atoms with Crippen molar-refractivity contribution in [2.45, 2.75) is 37.1 Å². The van der Waals surface area contributed by atoms with Crippen molar-refractivity contribution < 1.29 is 4.21 Å². The smallest absolute Gasteiger partial charge is 0.0529 e. The molecular weight excluding hydrogens is 218 g/mol. The lowest BCUT2D eigenvalue weighted by atomic mass is 10.1. The van der Waals surface area contributed by atoms with Crippen LogP contribution >= 0.6 is 0 Å². The fourth-order valence-electron chi connectivity index (χ4n) is 1.70. The van der Waals surface area contributed by atoms with Crippen LogP contribution in [0.15, 0.2) is 35.2 Å². The molecule has 2 atom stereocenters. The summed E-state index contributed by atoms with van der Waals surface area (Å²) >= 11 is 0. The molecule has 0 aliphatic rings. The highest BCUT2D eigenvalue weighted by atomic mass is 32.2. The van der Waals surface area contributed by atoms with Crippen molar-refractivity contribution >= 4 is 10.8 Å². The van der Waals surface area contributed by atoms with E-state index in [1.165, 1.54) is 0 Å². The molecule has 1 aromatic carbocycles. The van der Waals surface area contributed by atoms with E-state index in [4.69, 9.17) is 0 Å². The molecule has 2 unspecified atom stereocenters. The predicted octanol–water partition coefficient (Wildman–Crippen LogP) is 2.57. The molecule has 0 bridgehead atoms. The van der Waals surface area contributed by atoms with E-state index in [1.54, 1.807) is 0 Å². The Labute approximate surface area is 101 Å². The minimum atomic E-state index is -0.832. The monoisotopic (exact) mass is 239 g/mol. The highest BCUT2D eigenvalue weighted by Crippen LogP contribution is 2.09. The van der Waals surface area contributed by atoms with Gasteiger partial charge in [0.1, 0.15) is 0 Å². The van der Waals surface area contributed by atoms with E-state index >= 15 is 0 Å². The molecular formula is C13H21NOS. The second-order valence-electron chi connectivity index (χ2n) is 3.90. The molecule has 0 heterocycles. The first kappa shape index (κ1) is 13.4. The summed E-state index contributed by atoms with van der Waals surface area (Å²) in [4.78, 5) is 0.944. The van der Waals surface area contributed by atoms with Gasteiger partial charge in [0.05, 0.1) is 10.8 Å². The topological polar surface area (TPSA) is 29.1 Å². The number of benzene rings is 1. The van der Waals surface area contributed by atoms with E-state index in [-0.39, 0.29) is 0 Å². The van der Waals surface area contributed by atoms with Crippen molar-refractivity contribution in [2.24, 2.45) is 0 Å². The fraction of sp³-hybridized carbons (Fsp3) is 0.538. The zero-order valence-corrected chi connectivity index (χ0v) is 10.9. The largest absolute Gasteiger partial charge is 0.317 e. The molecule has 0 aliphatic heterocycles. The first-order chi connectivity index (χ1) is 7.77. The molecule has 0 aromatic heterocycles. The Morgan fingerprint density at radius 3 is 2.56 bits per heavy atom. The molecule has 0 amide bonds. The zero-order chi connectivity index (χ0) is 11.8. The molecule has 0 aliphatic carbocycles. The second-order valence-corrected chi connectivity index (χ2v) is 5.47. The summed E-state index contributed by atoms with van der Waals surface area (Å²) in [7, 11) is 1.16. The van der Waals surface area contributed by atoms with Gasteiger partial charge in [-0.15, -0.1) is 0 Å². The molecule has 1 aromatic rings. The number of hydrogen-bond acceptors (Lipinski definition) is 2. The number of hydrogen-bond donors (Lipinski definition) is 1. The van der Waals surface area contributed by atoms with Crippen LogP contribution in [0.4, 0.5) is 0 Å². The van der Waals surface area contributed by atoms with Crippen LogP contribution in [0, 0.1) is 0 Å². The van der Waals surface area contributed by atoms with Crippen molar-refractivity contribution in [1.82, 2.24) is 5.32 Å². The van der Waals surface area contributed by atoms with Gasteiger partial charge in [-0.05, 0) is 38.4 Å². The molecule has 1 N–H and O–H groups in total. The van der Waals surface area contributed by atoms with Gasteiger partial charge in [0.25, 0.3) is 0 Å². The third-order valence-corrected chi connectivity index (χ3v) is 4.25. The van der Waals surface area contributed by atoms with Gasteiger partial charge in [-0.3, -0.25) is 4.21 Å². The Morgan fingerprint density at radius 1 is 1.31 bits per heavy atom. The summed E-state index contributed by atoms with van der Waals surface area (Å²) in [5.74, 6) is 0.766. The molecule has 16 heavy (non-hydrogen) atoms. The minimum absolute atomic E-state index is 0.563. The predicted molar refractivity (Wildman–Crippen MR) is 70.1 cm³/mol. The van der Waals surface area contributed by atoms with Gasteiger partial charge in [0, 0.05) is 16.7 Å². The maximum atomic E-state index is 11.9. The van der Waals surface area contributed by atoms with Crippen LogP contribution in [0.5, 0.6) is 0 Å². The average Bonchev–Trinajstić information content (AvgIpc) is 2.35. The Morgan fingerprint density at radius 2 is 2.00 bits per heavy atom. The molecule has 0 saturated carbocycles. The Balaban J connectivity index is 2.31. The van der Waals surface area contributed by atoms with Crippen molar-refractivity contribution in [3.8, 4) is 0 Å². The van der Waals surface area contributed by atoms with Crippen molar-refractivity contribution in [3.63, 3.8) is 0 Å². The first-order valence-electron chi connectivity index (χ1n) is 5.88. The SMILES string of the molecule is CCC(CCCS(=O)c1ccccc1)NC. The van der Waals surface area contributed by atoms with Gasteiger partial charge in [-0.25, -0.2) is 0 Å². The second kappa shape index (κ2) is 7.58. The van der Waals surface area contributed by atoms with Gasteiger partial charge >= 0.3 is 0 Å². The highest BCUT2D eigenvalue weighted by molar-refractivity contribution is 7.85. The molecule has 0 saturated heterocycles. The van der Waals surface area contributed by atoms with Gasteiger partial charge in [-0.1, -0.05) is 25.1 Å². The molecule has 2 nitrogen and oxygen atoms in total. The lowest BCUT2D eigenvalue weighted by Crippen LogP contribution is -2.24. The third-order valence-electron chi connectivity index (χ3n) is 2.79. The Hall–Kier alpha value is -0.670. The average molecular weight is 239 g/mol. The highest BCUT2D eigenvalue weighted by Gasteiger charge is 2.06. The lowest BCUT2D eigenvalue weighted by Gasteiger charge is -2.12. The normalized spacial score (nSPS) is 14.6. The zero-order valence-electron chi connectivity index (χ0n) is 10.1. The molecule has 3 heteroatoms.